The smallest absolute Gasteiger partial charge is 0.0708 e. The Hall–Kier alpha value is -5.99. The van der Waals surface area contributed by atoms with Gasteiger partial charge in [0.05, 0.1) is 5.71 Å². The first-order chi connectivity index (χ1) is 23.5. The third-order valence-electron chi connectivity index (χ3n) is 10.3. The van der Waals surface area contributed by atoms with E-state index in [1.807, 2.05) is 18.2 Å². The molecule has 1 aliphatic rings. The molecule has 9 rings (SSSR count). The third kappa shape index (κ3) is 4.30. The highest BCUT2D eigenvalue weighted by Crippen LogP contribution is 2.52. The molecule has 0 aromatic heterocycles. The van der Waals surface area contributed by atoms with E-state index >= 15 is 0 Å². The number of anilines is 2. The summed E-state index contributed by atoms with van der Waals surface area (Å²) in [6.45, 7) is 4.58. The third-order valence-corrected chi connectivity index (χ3v) is 10.3. The molecule has 8 aromatic carbocycles. The Morgan fingerprint density at radius 1 is 0.500 bits per heavy atom. The largest absolute Gasteiger partial charge is 0.355 e. The second-order valence-electron chi connectivity index (χ2n) is 13.4. The maximum atomic E-state index is 9.88. The van der Waals surface area contributed by atoms with Gasteiger partial charge in [-0.05, 0) is 96.0 Å². The van der Waals surface area contributed by atoms with Crippen LogP contribution in [0.4, 0.5) is 11.4 Å². The van der Waals surface area contributed by atoms with E-state index in [1.165, 1.54) is 54.6 Å². The van der Waals surface area contributed by atoms with Gasteiger partial charge >= 0.3 is 0 Å². The molecule has 0 fully saturated rings. The molecule has 1 aliphatic carbocycles. The Bertz CT molecular complexity index is 2540. The van der Waals surface area contributed by atoms with Crippen LogP contribution in [-0.2, 0) is 5.41 Å². The molecule has 2 N–H and O–H groups in total. The fourth-order valence-corrected chi connectivity index (χ4v) is 8.00. The molecule has 228 valence electrons. The Morgan fingerprint density at radius 3 is 1.83 bits per heavy atom. The second kappa shape index (κ2) is 10.8. The molecule has 8 aromatic rings. The number of nitrogens with one attached hydrogen (secondary N) is 2. The Kier molecular flexibility index (Phi) is 6.35. The standard InChI is InChI=1S/C46H34N2/c1-46(2)41-22-11-10-21-38(41)39-25-26-42(48-32-15-4-3-5-16-32)43(44(39)46)45(47)31-14-12-13-29(27-31)30-23-24-37-35-19-7-6-17-33(35)34-18-8-9-20-36(34)40(37)28-30/h3-28,47-48H,1-2H3. The van der Waals surface area contributed by atoms with Crippen LogP contribution in [0.5, 0.6) is 0 Å². The Labute approximate surface area is 280 Å². The zero-order valence-corrected chi connectivity index (χ0v) is 27.0. The van der Waals surface area contributed by atoms with E-state index in [0.717, 1.165) is 33.6 Å². The van der Waals surface area contributed by atoms with Gasteiger partial charge in [-0.3, -0.25) is 5.41 Å². The molecule has 2 heteroatoms. The van der Waals surface area contributed by atoms with Crippen LogP contribution in [0.1, 0.15) is 36.1 Å². The van der Waals surface area contributed by atoms with Crippen LogP contribution in [0.15, 0.2) is 158 Å². The fraction of sp³-hybridized carbons (Fsp3) is 0.0652. The summed E-state index contributed by atoms with van der Waals surface area (Å²) in [7, 11) is 0. The van der Waals surface area contributed by atoms with Crippen LogP contribution in [0, 0.1) is 5.41 Å². The summed E-state index contributed by atoms with van der Waals surface area (Å²) in [4.78, 5) is 0. The van der Waals surface area contributed by atoms with Gasteiger partial charge in [-0.2, -0.15) is 0 Å². The van der Waals surface area contributed by atoms with Crippen molar-refractivity contribution in [2.45, 2.75) is 19.3 Å². The second-order valence-corrected chi connectivity index (χ2v) is 13.4. The lowest BCUT2D eigenvalue weighted by molar-refractivity contribution is 0.659. The van der Waals surface area contributed by atoms with Gasteiger partial charge in [0.1, 0.15) is 0 Å². The van der Waals surface area contributed by atoms with Gasteiger partial charge in [-0.15, -0.1) is 0 Å². The summed E-state index contributed by atoms with van der Waals surface area (Å²) in [5.41, 5.74) is 11.3. The molecule has 0 atom stereocenters. The molecular weight excluding hydrogens is 581 g/mol. The predicted octanol–water partition coefficient (Wildman–Crippen LogP) is 12.3. The molecule has 0 radical (unpaired) electrons. The van der Waals surface area contributed by atoms with Gasteiger partial charge in [0, 0.05) is 27.9 Å². The number of fused-ring (bicyclic) bond motifs is 9. The van der Waals surface area contributed by atoms with Crippen molar-refractivity contribution in [3.8, 4) is 22.3 Å². The summed E-state index contributed by atoms with van der Waals surface area (Å²) >= 11 is 0. The zero-order chi connectivity index (χ0) is 32.4. The highest BCUT2D eigenvalue weighted by atomic mass is 14.9. The summed E-state index contributed by atoms with van der Waals surface area (Å²) in [5.74, 6) is 0. The summed E-state index contributed by atoms with van der Waals surface area (Å²) in [6, 6.07) is 56.1. The molecule has 0 saturated carbocycles. The van der Waals surface area contributed by atoms with Gasteiger partial charge in [-0.1, -0.05) is 141 Å². The minimum Gasteiger partial charge on any atom is -0.355 e. The van der Waals surface area contributed by atoms with E-state index in [2.05, 4.69) is 159 Å². The van der Waals surface area contributed by atoms with E-state index in [-0.39, 0.29) is 5.41 Å². The highest BCUT2D eigenvalue weighted by Gasteiger charge is 2.39. The van der Waals surface area contributed by atoms with Gasteiger partial charge < -0.3 is 5.32 Å². The quantitative estimate of drug-likeness (QED) is 0.147. The Morgan fingerprint density at radius 2 is 1.10 bits per heavy atom. The number of para-hydroxylation sites is 1. The maximum absolute atomic E-state index is 9.88. The lowest BCUT2D eigenvalue weighted by Gasteiger charge is -2.27. The van der Waals surface area contributed by atoms with Crippen LogP contribution in [0.25, 0.3) is 54.6 Å². The molecule has 0 bridgehead atoms. The van der Waals surface area contributed by atoms with Crippen molar-refractivity contribution in [2.75, 3.05) is 5.32 Å². The van der Waals surface area contributed by atoms with Crippen molar-refractivity contribution >= 4 is 49.4 Å². The fourth-order valence-electron chi connectivity index (χ4n) is 8.00. The van der Waals surface area contributed by atoms with Crippen molar-refractivity contribution in [3.05, 3.63) is 180 Å². The highest BCUT2D eigenvalue weighted by molar-refractivity contribution is 6.26. The van der Waals surface area contributed by atoms with Crippen molar-refractivity contribution in [3.63, 3.8) is 0 Å². The minimum atomic E-state index is -0.262. The molecule has 2 nitrogen and oxygen atoms in total. The average molecular weight is 615 g/mol. The molecule has 0 spiro atoms. The van der Waals surface area contributed by atoms with Gasteiger partial charge in [-0.25, -0.2) is 0 Å². The molecule has 48 heavy (non-hydrogen) atoms. The summed E-state index contributed by atoms with van der Waals surface area (Å²) in [6.07, 6.45) is 0. The lowest BCUT2D eigenvalue weighted by atomic mass is 9.78. The summed E-state index contributed by atoms with van der Waals surface area (Å²) in [5, 5.41) is 21.1. The van der Waals surface area contributed by atoms with Crippen molar-refractivity contribution < 1.29 is 0 Å². The van der Waals surface area contributed by atoms with Crippen LogP contribution >= 0.6 is 0 Å². The number of benzene rings is 8. The van der Waals surface area contributed by atoms with Gasteiger partial charge in [0.25, 0.3) is 0 Å². The normalized spacial score (nSPS) is 13.0. The first-order valence-corrected chi connectivity index (χ1v) is 16.6. The van der Waals surface area contributed by atoms with Crippen molar-refractivity contribution in [2.24, 2.45) is 0 Å². The topological polar surface area (TPSA) is 35.9 Å². The Balaban J connectivity index is 1.21. The van der Waals surface area contributed by atoms with E-state index < -0.39 is 0 Å². The van der Waals surface area contributed by atoms with E-state index in [9.17, 15) is 5.41 Å². The van der Waals surface area contributed by atoms with E-state index in [4.69, 9.17) is 0 Å². The van der Waals surface area contributed by atoms with Crippen LogP contribution in [0.2, 0.25) is 0 Å². The van der Waals surface area contributed by atoms with E-state index in [0.29, 0.717) is 5.71 Å². The number of hydrogen-bond acceptors (Lipinski definition) is 2. The van der Waals surface area contributed by atoms with Crippen LogP contribution in [0.3, 0.4) is 0 Å². The molecule has 0 saturated heterocycles. The maximum Gasteiger partial charge on any atom is 0.0708 e. The minimum absolute atomic E-state index is 0.262. The van der Waals surface area contributed by atoms with Gasteiger partial charge in [0.15, 0.2) is 0 Å². The zero-order valence-electron chi connectivity index (χ0n) is 27.0. The van der Waals surface area contributed by atoms with E-state index in [1.54, 1.807) is 0 Å². The van der Waals surface area contributed by atoms with Gasteiger partial charge in [0.2, 0.25) is 0 Å². The average Bonchev–Trinajstić information content (AvgIpc) is 3.37. The predicted molar refractivity (Wildman–Crippen MR) is 204 cm³/mol. The molecule has 0 heterocycles. The first-order valence-electron chi connectivity index (χ1n) is 16.6. The SMILES string of the molecule is CC1(C)c2ccccc2-c2ccc(Nc3ccccc3)c(C(=N)c3cccc(-c4ccc5c6ccccc6c6ccccc6c5c4)c3)c21. The monoisotopic (exact) mass is 614 g/mol. The molecule has 0 unspecified atom stereocenters. The molecule has 0 aliphatic heterocycles. The summed E-state index contributed by atoms with van der Waals surface area (Å²) < 4.78 is 0. The number of hydrogen-bond donors (Lipinski definition) is 2. The number of rotatable bonds is 5. The van der Waals surface area contributed by atoms with Crippen molar-refractivity contribution in [1.82, 2.24) is 0 Å². The van der Waals surface area contributed by atoms with Crippen molar-refractivity contribution in [1.29, 1.82) is 5.41 Å². The van der Waals surface area contributed by atoms with Crippen LogP contribution < -0.4 is 5.32 Å². The lowest BCUT2D eigenvalue weighted by Crippen LogP contribution is -2.21. The first kappa shape index (κ1) is 28.3. The molecule has 0 amide bonds. The molecular formula is C46H34N2. The van der Waals surface area contributed by atoms with Crippen LogP contribution in [-0.4, -0.2) is 5.71 Å².